The molecule has 1 aromatic carbocycles. The summed E-state index contributed by atoms with van der Waals surface area (Å²) in [5.41, 5.74) is 1.73. The predicted molar refractivity (Wildman–Crippen MR) is 94.0 cm³/mol. The highest BCUT2D eigenvalue weighted by atomic mass is 32.2. The van der Waals surface area contributed by atoms with E-state index in [1.165, 1.54) is 16.1 Å². The maximum absolute atomic E-state index is 13.0. The third-order valence-electron chi connectivity index (χ3n) is 4.17. The molecule has 7 heteroatoms. The Labute approximate surface area is 143 Å². The van der Waals surface area contributed by atoms with E-state index in [2.05, 4.69) is 0 Å². The van der Waals surface area contributed by atoms with Crippen LogP contribution in [0.25, 0.3) is 0 Å². The van der Waals surface area contributed by atoms with Gasteiger partial charge in [-0.3, -0.25) is 4.79 Å². The van der Waals surface area contributed by atoms with E-state index < -0.39 is 16.1 Å². The summed E-state index contributed by atoms with van der Waals surface area (Å²) in [4.78, 5) is 14.5. The number of hydrogen-bond donors (Lipinski definition) is 0. The first-order valence-corrected chi connectivity index (χ1v) is 10.2. The van der Waals surface area contributed by atoms with Gasteiger partial charge >= 0.3 is 0 Å². The number of nitrogens with zero attached hydrogens (tertiary/aromatic N) is 2. The molecule has 1 aromatic rings. The summed E-state index contributed by atoms with van der Waals surface area (Å²) >= 11 is 1.48. The molecule has 1 saturated heterocycles. The van der Waals surface area contributed by atoms with Crippen molar-refractivity contribution in [1.82, 2.24) is 9.21 Å². The second-order valence-electron chi connectivity index (χ2n) is 6.22. The number of hydrogen-bond acceptors (Lipinski definition) is 4. The van der Waals surface area contributed by atoms with Crippen molar-refractivity contribution in [3.63, 3.8) is 0 Å². The maximum atomic E-state index is 13.0. The van der Waals surface area contributed by atoms with Gasteiger partial charge in [-0.1, -0.05) is 17.7 Å². The molecule has 0 aromatic heterocycles. The van der Waals surface area contributed by atoms with Crippen LogP contribution >= 0.6 is 11.8 Å². The van der Waals surface area contributed by atoms with Gasteiger partial charge in [0.05, 0.1) is 10.8 Å². The van der Waals surface area contributed by atoms with Gasteiger partial charge < -0.3 is 4.90 Å². The fourth-order valence-corrected chi connectivity index (χ4v) is 5.91. The van der Waals surface area contributed by atoms with Crippen LogP contribution in [0.15, 0.2) is 23.1 Å². The first-order chi connectivity index (χ1) is 10.7. The lowest BCUT2D eigenvalue weighted by Gasteiger charge is -2.29. The van der Waals surface area contributed by atoms with Crippen molar-refractivity contribution in [2.75, 3.05) is 18.7 Å². The van der Waals surface area contributed by atoms with Crippen LogP contribution in [-0.2, 0) is 14.8 Å². The van der Waals surface area contributed by atoms with Crippen molar-refractivity contribution < 1.29 is 13.2 Å². The molecular formula is C16H24N2O3S2. The molecule has 0 saturated carbocycles. The first kappa shape index (κ1) is 18.3. The second-order valence-corrected chi connectivity index (χ2v) is 9.08. The molecule has 1 amide bonds. The molecule has 1 heterocycles. The van der Waals surface area contributed by atoms with Crippen LogP contribution < -0.4 is 0 Å². The molecule has 23 heavy (non-hydrogen) atoms. The van der Waals surface area contributed by atoms with Crippen molar-refractivity contribution in [1.29, 1.82) is 0 Å². The van der Waals surface area contributed by atoms with Crippen molar-refractivity contribution in [3.05, 3.63) is 29.3 Å². The van der Waals surface area contributed by atoms with Gasteiger partial charge in [-0.25, -0.2) is 8.42 Å². The van der Waals surface area contributed by atoms with Crippen molar-refractivity contribution in [2.24, 2.45) is 0 Å². The lowest BCUT2D eigenvalue weighted by atomic mass is 10.2. The Morgan fingerprint density at radius 2 is 2.00 bits per heavy atom. The predicted octanol–water partition coefficient (Wildman–Crippen LogP) is 2.23. The molecule has 0 N–H and O–H groups in total. The topological polar surface area (TPSA) is 57.7 Å². The summed E-state index contributed by atoms with van der Waals surface area (Å²) < 4.78 is 27.4. The Bertz CT molecular complexity index is 701. The number of carbonyl (C=O) groups is 1. The van der Waals surface area contributed by atoms with Gasteiger partial charge in [0.2, 0.25) is 15.9 Å². The minimum absolute atomic E-state index is 0.0405. The van der Waals surface area contributed by atoms with E-state index in [0.717, 1.165) is 5.56 Å². The summed E-state index contributed by atoms with van der Waals surface area (Å²) in [5.74, 6) is 0.677. The smallest absolute Gasteiger partial charge is 0.244 e. The van der Waals surface area contributed by atoms with Crippen LogP contribution in [0, 0.1) is 13.8 Å². The number of carbonyl (C=O) groups excluding carboxylic acids is 1. The lowest BCUT2D eigenvalue weighted by Crippen LogP contribution is -2.49. The summed E-state index contributed by atoms with van der Waals surface area (Å²) in [6.45, 7) is 7.56. The summed E-state index contributed by atoms with van der Waals surface area (Å²) in [5, 5.41) is 0. The third-order valence-corrected chi connectivity index (χ3v) is 7.36. The monoisotopic (exact) mass is 356 g/mol. The van der Waals surface area contributed by atoms with Crippen LogP contribution in [0.2, 0.25) is 0 Å². The number of thioether (sulfide) groups is 1. The van der Waals surface area contributed by atoms with Gasteiger partial charge in [0.25, 0.3) is 0 Å². The van der Waals surface area contributed by atoms with Crippen LogP contribution in [-0.4, -0.2) is 54.3 Å². The summed E-state index contributed by atoms with van der Waals surface area (Å²) in [6, 6.07) is 4.70. The average molecular weight is 357 g/mol. The Morgan fingerprint density at radius 3 is 2.57 bits per heavy atom. The zero-order chi connectivity index (χ0) is 17.4. The Kier molecular flexibility index (Phi) is 5.43. The fraction of sp³-hybridized carbons (Fsp3) is 0.562. The summed E-state index contributed by atoms with van der Waals surface area (Å²) in [7, 11) is -1.95. The van der Waals surface area contributed by atoms with E-state index in [1.807, 2.05) is 26.8 Å². The van der Waals surface area contributed by atoms with Crippen molar-refractivity contribution in [3.8, 4) is 0 Å². The molecule has 0 bridgehead atoms. The van der Waals surface area contributed by atoms with Gasteiger partial charge in [-0.2, -0.15) is 4.31 Å². The number of aryl methyl sites for hydroxylation is 2. The molecule has 2 rings (SSSR count). The van der Waals surface area contributed by atoms with Crippen LogP contribution in [0.1, 0.15) is 25.0 Å². The Balaban J connectivity index is 2.37. The first-order valence-electron chi connectivity index (χ1n) is 7.59. The largest absolute Gasteiger partial charge is 0.342 e. The van der Waals surface area contributed by atoms with Gasteiger partial charge in [-0.15, -0.1) is 11.8 Å². The standard InChI is InChI=1S/C16H24N2O3S2/c1-11(2)17(5)16(19)14-9-22-10-18(14)23(20,21)15-7-6-12(3)8-13(15)4/h6-8,11,14H,9-10H2,1-5H3. The van der Waals surface area contributed by atoms with E-state index >= 15 is 0 Å². The molecule has 5 nitrogen and oxygen atoms in total. The Morgan fingerprint density at radius 1 is 1.35 bits per heavy atom. The number of amides is 1. The molecule has 0 spiro atoms. The van der Waals surface area contributed by atoms with E-state index in [1.54, 1.807) is 31.0 Å². The van der Waals surface area contributed by atoms with Gasteiger partial charge in [0, 0.05) is 18.8 Å². The average Bonchev–Trinajstić information content (AvgIpc) is 2.95. The highest BCUT2D eigenvalue weighted by Crippen LogP contribution is 2.31. The molecule has 1 aliphatic rings. The van der Waals surface area contributed by atoms with Crippen LogP contribution in [0.3, 0.4) is 0 Å². The van der Waals surface area contributed by atoms with Crippen molar-refractivity contribution >= 4 is 27.7 Å². The van der Waals surface area contributed by atoms with E-state index in [9.17, 15) is 13.2 Å². The lowest BCUT2D eigenvalue weighted by molar-refractivity contribution is -0.134. The molecule has 1 fully saturated rings. The fourth-order valence-electron chi connectivity index (χ4n) is 2.56. The normalized spacial score (nSPS) is 19.3. The van der Waals surface area contributed by atoms with E-state index in [0.29, 0.717) is 17.2 Å². The zero-order valence-corrected chi connectivity index (χ0v) is 15.9. The Hall–Kier alpha value is -1.05. The zero-order valence-electron chi connectivity index (χ0n) is 14.2. The van der Waals surface area contributed by atoms with Gasteiger partial charge in [0.15, 0.2) is 0 Å². The van der Waals surface area contributed by atoms with Gasteiger partial charge in [0.1, 0.15) is 6.04 Å². The number of rotatable bonds is 4. The molecule has 0 radical (unpaired) electrons. The molecule has 1 atom stereocenters. The summed E-state index contributed by atoms with van der Waals surface area (Å²) in [6.07, 6.45) is 0. The van der Waals surface area contributed by atoms with Crippen LogP contribution in [0.4, 0.5) is 0 Å². The number of likely N-dealkylation sites (N-methyl/N-ethyl adjacent to an activating group) is 1. The number of benzene rings is 1. The quantitative estimate of drug-likeness (QED) is 0.830. The number of sulfonamides is 1. The maximum Gasteiger partial charge on any atom is 0.244 e. The SMILES string of the molecule is Cc1ccc(S(=O)(=O)N2CSCC2C(=O)N(C)C(C)C)c(C)c1. The van der Waals surface area contributed by atoms with Crippen molar-refractivity contribution in [2.45, 2.75) is 44.7 Å². The van der Waals surface area contributed by atoms with Crippen LogP contribution in [0.5, 0.6) is 0 Å². The van der Waals surface area contributed by atoms with E-state index in [4.69, 9.17) is 0 Å². The molecule has 1 aliphatic heterocycles. The highest BCUT2D eigenvalue weighted by molar-refractivity contribution is 8.00. The third kappa shape index (κ3) is 3.56. The van der Waals surface area contributed by atoms with E-state index in [-0.39, 0.29) is 16.8 Å². The minimum atomic E-state index is -3.67. The molecule has 1 unspecified atom stereocenters. The second kappa shape index (κ2) is 6.83. The molecular weight excluding hydrogens is 332 g/mol. The minimum Gasteiger partial charge on any atom is -0.342 e. The molecule has 0 aliphatic carbocycles. The highest BCUT2D eigenvalue weighted by Gasteiger charge is 2.41. The molecule has 128 valence electrons. The van der Waals surface area contributed by atoms with Gasteiger partial charge in [-0.05, 0) is 39.3 Å².